The van der Waals surface area contributed by atoms with Gasteiger partial charge in [-0.15, -0.1) is 0 Å². The van der Waals surface area contributed by atoms with Gasteiger partial charge in [-0.1, -0.05) is 49.2 Å². The second-order valence-corrected chi connectivity index (χ2v) is 7.20. The average molecular weight is 404 g/mol. The van der Waals surface area contributed by atoms with Crippen LogP contribution in [0, 0.1) is 10.1 Å². The lowest BCUT2D eigenvalue weighted by molar-refractivity contribution is -0.384. The second kappa shape index (κ2) is 9.21. The van der Waals surface area contributed by atoms with Crippen molar-refractivity contribution in [1.29, 1.82) is 0 Å². The van der Waals surface area contributed by atoms with Gasteiger partial charge in [0, 0.05) is 13.1 Å². The van der Waals surface area contributed by atoms with E-state index in [1.54, 1.807) is 4.68 Å². The summed E-state index contributed by atoms with van der Waals surface area (Å²) in [7, 11) is 0. The highest BCUT2D eigenvalue weighted by Gasteiger charge is 2.32. The van der Waals surface area contributed by atoms with E-state index in [0.29, 0.717) is 5.82 Å². The maximum atomic E-state index is 12.1. The highest BCUT2D eigenvalue weighted by molar-refractivity contribution is 5.88. The van der Waals surface area contributed by atoms with Gasteiger partial charge in [0.2, 0.25) is 5.82 Å². The van der Waals surface area contributed by atoms with E-state index in [-0.39, 0.29) is 16.3 Å². The van der Waals surface area contributed by atoms with E-state index in [9.17, 15) is 10.1 Å². The van der Waals surface area contributed by atoms with Crippen LogP contribution in [0.5, 0.6) is 0 Å². The van der Waals surface area contributed by atoms with Crippen molar-refractivity contribution in [3.8, 4) is 5.69 Å². The third kappa shape index (κ3) is 4.32. The topological polar surface area (TPSA) is 88.6 Å². The molecule has 8 nitrogen and oxygen atoms in total. The number of nitrogens with one attached hydrogen (secondary N) is 1. The van der Waals surface area contributed by atoms with E-state index >= 15 is 0 Å². The Hall–Kier alpha value is -3.68. The summed E-state index contributed by atoms with van der Waals surface area (Å²) in [5.41, 5.74) is 4.70. The van der Waals surface area contributed by atoms with Crippen LogP contribution in [0.4, 0.5) is 17.2 Å². The van der Waals surface area contributed by atoms with E-state index < -0.39 is 0 Å². The molecule has 1 fully saturated rings. The van der Waals surface area contributed by atoms with Crippen molar-refractivity contribution in [3.63, 3.8) is 0 Å². The number of benzene rings is 2. The minimum atomic E-state index is -0.351. The van der Waals surface area contributed by atoms with Crippen molar-refractivity contribution >= 4 is 23.4 Å². The monoisotopic (exact) mass is 404 g/mol. The number of aromatic nitrogens is 2. The summed E-state index contributed by atoms with van der Waals surface area (Å²) in [4.78, 5) is 13.8. The summed E-state index contributed by atoms with van der Waals surface area (Å²) in [6.45, 7) is 1.55. The molecule has 0 atom stereocenters. The summed E-state index contributed by atoms with van der Waals surface area (Å²) in [6, 6.07) is 19.0. The Balaban J connectivity index is 1.76. The van der Waals surface area contributed by atoms with Crippen molar-refractivity contribution in [2.24, 2.45) is 5.10 Å². The molecule has 0 unspecified atom stereocenters. The first kappa shape index (κ1) is 19.6. The molecule has 1 aliphatic heterocycles. The van der Waals surface area contributed by atoms with Gasteiger partial charge < -0.3 is 4.90 Å². The van der Waals surface area contributed by atoms with Crippen LogP contribution in [0.25, 0.3) is 5.69 Å². The lowest BCUT2D eigenvalue weighted by Crippen LogP contribution is -2.27. The number of nitrogens with zero attached hydrogens (tertiary/aromatic N) is 5. The highest BCUT2D eigenvalue weighted by Crippen LogP contribution is 2.35. The second-order valence-electron chi connectivity index (χ2n) is 7.20. The number of hydrazone groups is 1. The smallest absolute Gasteiger partial charge is 0.340 e. The molecule has 0 saturated carbocycles. The third-order valence-corrected chi connectivity index (χ3v) is 5.11. The van der Waals surface area contributed by atoms with Gasteiger partial charge in [0.05, 0.1) is 22.5 Å². The molecule has 2 aromatic carbocycles. The first-order chi connectivity index (χ1) is 14.7. The van der Waals surface area contributed by atoms with Crippen LogP contribution in [-0.2, 0) is 0 Å². The molecule has 3 aromatic rings. The lowest BCUT2D eigenvalue weighted by Gasteiger charge is -2.22. The van der Waals surface area contributed by atoms with Crippen LogP contribution >= 0.6 is 0 Å². The van der Waals surface area contributed by atoms with Crippen LogP contribution in [-0.4, -0.2) is 34.0 Å². The van der Waals surface area contributed by atoms with Crippen LogP contribution < -0.4 is 10.3 Å². The van der Waals surface area contributed by atoms with E-state index in [1.807, 2.05) is 60.7 Å². The fourth-order valence-electron chi connectivity index (χ4n) is 3.68. The largest absolute Gasteiger partial charge is 0.351 e. The van der Waals surface area contributed by atoms with Gasteiger partial charge in [-0.3, -0.25) is 15.5 Å². The predicted molar refractivity (Wildman–Crippen MR) is 119 cm³/mol. The summed E-state index contributed by atoms with van der Waals surface area (Å²) < 4.78 is 1.67. The Kier molecular flexibility index (Phi) is 6.03. The van der Waals surface area contributed by atoms with E-state index in [2.05, 4.69) is 20.5 Å². The van der Waals surface area contributed by atoms with Crippen molar-refractivity contribution in [1.82, 2.24) is 9.78 Å². The molecule has 0 aliphatic carbocycles. The number of hydrogen-bond donors (Lipinski definition) is 1. The molecule has 154 valence electrons. The molecule has 1 saturated heterocycles. The Morgan fingerprint density at radius 2 is 1.60 bits per heavy atom. The van der Waals surface area contributed by atoms with Crippen LogP contribution in [0.2, 0.25) is 0 Å². The van der Waals surface area contributed by atoms with Gasteiger partial charge in [-0.2, -0.15) is 10.2 Å². The summed E-state index contributed by atoms with van der Waals surface area (Å²) in [5.74, 6) is 0.522. The van der Waals surface area contributed by atoms with Crippen molar-refractivity contribution in [2.75, 3.05) is 23.4 Å². The Bertz CT molecular complexity index is 1010. The number of nitro groups is 1. The molecule has 0 amide bonds. The Labute approximate surface area is 175 Å². The summed E-state index contributed by atoms with van der Waals surface area (Å²) in [6.07, 6.45) is 5.72. The van der Waals surface area contributed by atoms with Crippen LogP contribution in [0.3, 0.4) is 0 Å². The van der Waals surface area contributed by atoms with E-state index in [0.717, 1.165) is 50.1 Å². The van der Waals surface area contributed by atoms with Crippen molar-refractivity contribution in [3.05, 3.63) is 76.5 Å². The molecule has 0 spiro atoms. The van der Waals surface area contributed by atoms with Gasteiger partial charge in [-0.05, 0) is 37.1 Å². The van der Waals surface area contributed by atoms with Gasteiger partial charge >= 0.3 is 5.69 Å². The van der Waals surface area contributed by atoms with E-state index in [4.69, 9.17) is 0 Å². The number of anilines is 2. The zero-order valence-electron chi connectivity index (χ0n) is 16.6. The number of para-hydroxylation sites is 2. The minimum Gasteiger partial charge on any atom is -0.351 e. The van der Waals surface area contributed by atoms with E-state index in [1.165, 1.54) is 6.21 Å². The molecular formula is C22H24N6O2. The first-order valence-corrected chi connectivity index (χ1v) is 10.2. The molecule has 2 heterocycles. The molecule has 4 rings (SSSR count). The third-order valence-electron chi connectivity index (χ3n) is 5.11. The molecule has 0 radical (unpaired) electrons. The normalized spacial score (nSPS) is 14.6. The molecule has 1 aliphatic rings. The lowest BCUT2D eigenvalue weighted by atomic mass is 10.2. The van der Waals surface area contributed by atoms with Crippen molar-refractivity contribution < 1.29 is 4.92 Å². The number of hydrogen-bond acceptors (Lipinski definition) is 6. The maximum Gasteiger partial charge on any atom is 0.340 e. The average Bonchev–Trinajstić information content (AvgIpc) is 2.95. The summed E-state index contributed by atoms with van der Waals surface area (Å²) in [5, 5.41) is 20.9. The SMILES string of the molecule is O=[N+]([O-])c1c(/C=N\Nc2ccccc2)nn(-c2ccccc2)c1N1CCCCCC1. The van der Waals surface area contributed by atoms with Gasteiger partial charge in [0.25, 0.3) is 0 Å². The molecule has 8 heteroatoms. The molecule has 1 N–H and O–H groups in total. The first-order valence-electron chi connectivity index (χ1n) is 10.2. The van der Waals surface area contributed by atoms with Crippen LogP contribution in [0.1, 0.15) is 31.4 Å². The minimum absolute atomic E-state index is 0.0145. The molecule has 30 heavy (non-hydrogen) atoms. The van der Waals surface area contributed by atoms with Crippen molar-refractivity contribution in [2.45, 2.75) is 25.7 Å². The fourth-order valence-corrected chi connectivity index (χ4v) is 3.68. The molecular weight excluding hydrogens is 380 g/mol. The standard InChI is InChI=1S/C22H24N6O2/c29-28(30)21-20(17-23-24-18-11-5-3-6-12-18)25-27(19-13-7-4-8-14-19)22(21)26-15-9-1-2-10-16-26/h3-8,11-14,17,24H,1-2,9-10,15-16H2/b23-17-. The predicted octanol–water partition coefficient (Wildman–Crippen LogP) is 4.61. The Morgan fingerprint density at radius 1 is 0.967 bits per heavy atom. The Morgan fingerprint density at radius 3 is 2.23 bits per heavy atom. The number of rotatable bonds is 6. The fraction of sp³-hybridized carbons (Fsp3) is 0.273. The van der Waals surface area contributed by atoms with Crippen LogP contribution in [0.15, 0.2) is 65.8 Å². The molecule has 1 aromatic heterocycles. The zero-order valence-corrected chi connectivity index (χ0v) is 16.6. The molecule has 0 bridgehead atoms. The summed E-state index contributed by atoms with van der Waals surface area (Å²) >= 11 is 0. The maximum absolute atomic E-state index is 12.1. The quantitative estimate of drug-likeness (QED) is 0.368. The zero-order chi connectivity index (χ0) is 20.8. The van der Waals surface area contributed by atoms with Gasteiger partial charge in [0.1, 0.15) is 0 Å². The van der Waals surface area contributed by atoms with Gasteiger partial charge in [0.15, 0.2) is 5.69 Å². The van der Waals surface area contributed by atoms with Gasteiger partial charge in [-0.25, -0.2) is 4.68 Å². The highest BCUT2D eigenvalue weighted by atomic mass is 16.6.